The van der Waals surface area contributed by atoms with Crippen molar-refractivity contribution in [1.29, 1.82) is 0 Å². The zero-order valence-corrected chi connectivity index (χ0v) is 9.62. The van der Waals surface area contributed by atoms with E-state index in [0.717, 1.165) is 15.8 Å². The van der Waals surface area contributed by atoms with Gasteiger partial charge in [0.2, 0.25) is 0 Å². The van der Waals surface area contributed by atoms with E-state index >= 15 is 0 Å². The molecule has 70 valence electrons. The summed E-state index contributed by atoms with van der Waals surface area (Å²) in [4.78, 5) is 11.7. The van der Waals surface area contributed by atoms with Gasteiger partial charge in [-0.05, 0) is 28.4 Å². The number of hydrogen-bond acceptors (Lipinski definition) is 2. The van der Waals surface area contributed by atoms with Crippen LogP contribution in [-0.4, -0.2) is 11.1 Å². The van der Waals surface area contributed by atoms with Gasteiger partial charge in [-0.15, -0.1) is 11.3 Å². The third-order valence-corrected chi connectivity index (χ3v) is 4.74. The van der Waals surface area contributed by atoms with Gasteiger partial charge in [0.1, 0.15) is 4.34 Å². The number of hydrogen-bond donors (Lipinski definition) is 1. The largest absolute Gasteiger partial charge is 0.481 e. The highest BCUT2D eigenvalue weighted by molar-refractivity contribution is 9.10. The standard InChI is InChI=1S/C8H6BrClO2S/c9-5-2-6(13-7(5)10)3-1-4(3)8(11)12/h2-4H,1H2,(H,11,12). The van der Waals surface area contributed by atoms with E-state index in [1.54, 1.807) is 0 Å². The molecule has 1 aliphatic carbocycles. The molecule has 0 saturated heterocycles. The molecular formula is C8H6BrClO2S. The van der Waals surface area contributed by atoms with Gasteiger partial charge >= 0.3 is 5.97 Å². The van der Waals surface area contributed by atoms with Crippen LogP contribution in [0.15, 0.2) is 10.5 Å². The molecule has 1 N–H and O–H groups in total. The zero-order valence-electron chi connectivity index (χ0n) is 6.46. The summed E-state index contributed by atoms with van der Waals surface area (Å²) in [6.07, 6.45) is 0.749. The number of carbonyl (C=O) groups is 1. The maximum Gasteiger partial charge on any atom is 0.307 e. The number of thiophene rings is 1. The van der Waals surface area contributed by atoms with E-state index in [1.807, 2.05) is 6.07 Å². The maximum atomic E-state index is 10.6. The van der Waals surface area contributed by atoms with Crippen molar-refractivity contribution >= 4 is 44.8 Å². The van der Waals surface area contributed by atoms with Crippen molar-refractivity contribution < 1.29 is 9.90 Å². The third kappa shape index (κ3) is 1.75. The lowest BCUT2D eigenvalue weighted by molar-refractivity contribution is -0.138. The minimum atomic E-state index is -0.703. The van der Waals surface area contributed by atoms with E-state index in [9.17, 15) is 4.79 Å². The van der Waals surface area contributed by atoms with Crippen LogP contribution in [0, 0.1) is 5.92 Å². The molecule has 2 rings (SSSR count). The lowest BCUT2D eigenvalue weighted by atomic mass is 10.3. The molecule has 0 spiro atoms. The Morgan fingerprint density at radius 3 is 2.85 bits per heavy atom. The first-order valence-corrected chi connectivity index (χ1v) is 5.76. The van der Waals surface area contributed by atoms with Gasteiger partial charge in [0.05, 0.1) is 5.92 Å². The average molecular weight is 282 g/mol. The lowest BCUT2D eigenvalue weighted by Gasteiger charge is -1.89. The quantitative estimate of drug-likeness (QED) is 0.902. The molecule has 1 saturated carbocycles. The van der Waals surface area contributed by atoms with Gasteiger partial charge in [0, 0.05) is 15.3 Å². The number of rotatable bonds is 2. The number of aliphatic carboxylic acids is 1. The fraction of sp³-hybridized carbons (Fsp3) is 0.375. The Kier molecular flexibility index (Phi) is 2.38. The molecule has 0 amide bonds. The lowest BCUT2D eigenvalue weighted by Crippen LogP contribution is -1.97. The van der Waals surface area contributed by atoms with Crippen LogP contribution in [0.1, 0.15) is 17.2 Å². The van der Waals surface area contributed by atoms with Crippen LogP contribution in [0.25, 0.3) is 0 Å². The Labute approximate surface area is 92.7 Å². The van der Waals surface area contributed by atoms with Crippen LogP contribution in [0.4, 0.5) is 0 Å². The highest BCUT2D eigenvalue weighted by Gasteiger charge is 2.45. The fourth-order valence-corrected chi connectivity index (χ4v) is 3.24. The van der Waals surface area contributed by atoms with Gasteiger partial charge < -0.3 is 5.11 Å². The summed E-state index contributed by atoms with van der Waals surface area (Å²) >= 11 is 10.6. The Hall–Kier alpha value is -0.0600. The van der Waals surface area contributed by atoms with E-state index in [1.165, 1.54) is 11.3 Å². The summed E-state index contributed by atoms with van der Waals surface area (Å²) in [7, 11) is 0. The van der Waals surface area contributed by atoms with Crippen LogP contribution in [0.2, 0.25) is 4.34 Å². The summed E-state index contributed by atoms with van der Waals surface area (Å²) in [6, 6.07) is 1.92. The third-order valence-electron chi connectivity index (χ3n) is 2.14. The minimum absolute atomic E-state index is 0.186. The topological polar surface area (TPSA) is 37.3 Å². The molecular weight excluding hydrogens is 276 g/mol. The molecule has 1 aliphatic rings. The van der Waals surface area contributed by atoms with E-state index in [0.29, 0.717) is 4.34 Å². The van der Waals surface area contributed by atoms with Gasteiger partial charge in [-0.25, -0.2) is 0 Å². The number of halogens is 2. The summed E-state index contributed by atoms with van der Waals surface area (Å²) in [5.41, 5.74) is 0. The summed E-state index contributed by atoms with van der Waals surface area (Å²) < 4.78 is 1.57. The van der Waals surface area contributed by atoms with Gasteiger partial charge in [0.15, 0.2) is 0 Å². The second-order valence-electron chi connectivity index (χ2n) is 3.06. The van der Waals surface area contributed by atoms with Crippen LogP contribution in [-0.2, 0) is 4.79 Å². The molecule has 0 aliphatic heterocycles. The highest BCUT2D eigenvalue weighted by atomic mass is 79.9. The van der Waals surface area contributed by atoms with Crippen molar-refractivity contribution in [1.82, 2.24) is 0 Å². The first kappa shape index (κ1) is 9.49. The molecule has 1 aromatic rings. The molecule has 1 fully saturated rings. The van der Waals surface area contributed by atoms with Gasteiger partial charge in [-0.2, -0.15) is 0 Å². The summed E-state index contributed by atoms with van der Waals surface area (Å²) in [6.45, 7) is 0. The number of carboxylic acid groups (broad SMARTS) is 1. The van der Waals surface area contributed by atoms with Crippen molar-refractivity contribution in [2.75, 3.05) is 0 Å². The van der Waals surface area contributed by atoms with E-state index in [2.05, 4.69) is 15.9 Å². The predicted molar refractivity (Wildman–Crippen MR) is 55.5 cm³/mol. The fourth-order valence-electron chi connectivity index (χ4n) is 1.33. The van der Waals surface area contributed by atoms with Crippen molar-refractivity contribution in [2.45, 2.75) is 12.3 Å². The Morgan fingerprint density at radius 1 is 1.77 bits per heavy atom. The minimum Gasteiger partial charge on any atom is -0.481 e. The van der Waals surface area contributed by atoms with Crippen molar-refractivity contribution in [2.24, 2.45) is 5.92 Å². The second kappa shape index (κ2) is 3.26. The molecule has 1 heterocycles. The molecule has 0 bridgehead atoms. The molecule has 0 aromatic carbocycles. The van der Waals surface area contributed by atoms with Gasteiger partial charge in [-0.3, -0.25) is 4.79 Å². The van der Waals surface area contributed by atoms with Crippen LogP contribution in [0.3, 0.4) is 0 Å². The van der Waals surface area contributed by atoms with Crippen LogP contribution >= 0.6 is 38.9 Å². The SMILES string of the molecule is O=C(O)C1CC1c1cc(Br)c(Cl)s1. The van der Waals surface area contributed by atoms with E-state index in [-0.39, 0.29) is 11.8 Å². The Balaban J connectivity index is 2.16. The maximum absolute atomic E-state index is 10.6. The van der Waals surface area contributed by atoms with Crippen molar-refractivity contribution in [3.8, 4) is 0 Å². The smallest absolute Gasteiger partial charge is 0.307 e. The highest BCUT2D eigenvalue weighted by Crippen LogP contribution is 2.51. The Morgan fingerprint density at radius 2 is 2.46 bits per heavy atom. The summed E-state index contributed by atoms with van der Waals surface area (Å²) in [5, 5.41) is 8.72. The summed E-state index contributed by atoms with van der Waals surface area (Å²) in [5.74, 6) is -0.710. The van der Waals surface area contributed by atoms with Crippen molar-refractivity contribution in [3.63, 3.8) is 0 Å². The first-order chi connectivity index (χ1) is 6.09. The number of carboxylic acids is 1. The normalized spacial score (nSPS) is 26.0. The average Bonchev–Trinajstić information content (AvgIpc) is 2.76. The molecule has 2 nitrogen and oxygen atoms in total. The van der Waals surface area contributed by atoms with E-state index in [4.69, 9.17) is 16.7 Å². The molecule has 13 heavy (non-hydrogen) atoms. The Bertz CT molecular complexity index is 344. The van der Waals surface area contributed by atoms with Crippen molar-refractivity contribution in [3.05, 3.63) is 19.8 Å². The van der Waals surface area contributed by atoms with Gasteiger partial charge in [0.25, 0.3) is 0 Å². The molecule has 2 unspecified atom stereocenters. The predicted octanol–water partition coefficient (Wildman–Crippen LogP) is 3.35. The molecule has 2 atom stereocenters. The second-order valence-corrected chi connectivity index (χ2v) is 5.60. The van der Waals surface area contributed by atoms with E-state index < -0.39 is 5.97 Å². The van der Waals surface area contributed by atoms with Gasteiger partial charge in [-0.1, -0.05) is 11.6 Å². The first-order valence-electron chi connectivity index (χ1n) is 3.77. The molecule has 1 aromatic heterocycles. The molecule has 5 heteroatoms. The van der Waals surface area contributed by atoms with Crippen LogP contribution in [0.5, 0.6) is 0 Å². The molecule has 0 radical (unpaired) electrons. The zero-order chi connectivity index (χ0) is 9.59. The monoisotopic (exact) mass is 280 g/mol. The van der Waals surface area contributed by atoms with Crippen LogP contribution < -0.4 is 0 Å².